The molecule has 2 amide bonds. The van der Waals surface area contributed by atoms with Gasteiger partial charge in [0, 0.05) is 30.9 Å². The number of hydrogen-bond acceptors (Lipinski definition) is 5. The fourth-order valence-electron chi connectivity index (χ4n) is 4.07. The third-order valence-electron chi connectivity index (χ3n) is 5.75. The fraction of sp³-hybridized carbons (Fsp3) is 0.286. The summed E-state index contributed by atoms with van der Waals surface area (Å²) < 4.78 is 29.5. The van der Waals surface area contributed by atoms with Crippen LogP contribution in [0.25, 0.3) is 0 Å². The molecule has 5 rings (SSSR count). The summed E-state index contributed by atoms with van der Waals surface area (Å²) in [5, 5.41) is 6.61. The first kappa shape index (κ1) is 19.3. The van der Waals surface area contributed by atoms with Gasteiger partial charge in [-0.15, -0.1) is 0 Å². The van der Waals surface area contributed by atoms with Gasteiger partial charge in [-0.05, 0) is 18.4 Å². The second-order valence-corrected chi connectivity index (χ2v) is 7.73. The van der Waals surface area contributed by atoms with E-state index >= 15 is 0 Å². The molecular weight excluding hydrogens is 406 g/mol. The number of hydrogen-bond donors (Lipinski definition) is 1. The number of fused-ring (bicyclic) bond motifs is 3. The van der Waals surface area contributed by atoms with Crippen molar-refractivity contribution in [2.24, 2.45) is 5.92 Å². The number of anilines is 1. The van der Waals surface area contributed by atoms with Gasteiger partial charge in [-0.25, -0.2) is 13.8 Å². The van der Waals surface area contributed by atoms with Crippen LogP contribution in [0.2, 0.25) is 0 Å². The van der Waals surface area contributed by atoms with Gasteiger partial charge in [-0.2, -0.15) is 5.10 Å². The maximum Gasteiger partial charge on any atom is 0.275 e. The molecule has 1 aliphatic carbocycles. The molecule has 1 N–H and O–H groups in total. The van der Waals surface area contributed by atoms with Gasteiger partial charge in [0.1, 0.15) is 11.9 Å². The number of nitrogens with zero attached hydrogens (tertiary/aromatic N) is 5. The third-order valence-corrected chi connectivity index (χ3v) is 5.75. The molecule has 0 radical (unpaired) electrons. The Bertz CT molecular complexity index is 1200. The van der Waals surface area contributed by atoms with Gasteiger partial charge in [0.15, 0.2) is 17.3 Å². The van der Waals surface area contributed by atoms with E-state index in [9.17, 15) is 18.4 Å². The summed E-state index contributed by atoms with van der Waals surface area (Å²) in [5.41, 5.74) is 0.596. The summed E-state index contributed by atoms with van der Waals surface area (Å²) in [6, 6.07) is 5.23. The highest BCUT2D eigenvalue weighted by Gasteiger charge is 2.53. The maximum absolute atomic E-state index is 14.4. The molecule has 31 heavy (non-hydrogen) atoms. The molecule has 0 bridgehead atoms. The standard InChI is InChI=1S/C21H18F2N6O2/c1-28-19-16(24-6-7-25-19)12-8-13(12)17(21(28)31)26-20(30)18-15(23)10-29(27-18)9-11-4-2-3-5-14(11)22/h2-7,10,12-13,17H,8-9H2,1H3,(H,26,30). The van der Waals surface area contributed by atoms with Crippen molar-refractivity contribution >= 4 is 17.6 Å². The summed E-state index contributed by atoms with van der Waals surface area (Å²) in [7, 11) is 1.57. The molecule has 2 aromatic heterocycles. The molecule has 1 fully saturated rings. The van der Waals surface area contributed by atoms with Crippen molar-refractivity contribution in [3.63, 3.8) is 0 Å². The summed E-state index contributed by atoms with van der Waals surface area (Å²) in [4.78, 5) is 35.7. The Morgan fingerprint density at radius 2 is 1.97 bits per heavy atom. The molecule has 2 aliphatic rings. The zero-order valence-corrected chi connectivity index (χ0v) is 16.5. The second kappa shape index (κ2) is 7.22. The minimum absolute atomic E-state index is 0.00589. The average Bonchev–Trinajstić information content (AvgIpc) is 3.48. The van der Waals surface area contributed by atoms with Crippen molar-refractivity contribution in [3.8, 4) is 0 Å². The predicted octanol–water partition coefficient (Wildman–Crippen LogP) is 1.88. The molecule has 1 saturated carbocycles. The Balaban J connectivity index is 1.36. The summed E-state index contributed by atoms with van der Waals surface area (Å²) in [6.45, 7) is -0.0285. The van der Waals surface area contributed by atoms with Crippen LogP contribution >= 0.6 is 0 Å². The van der Waals surface area contributed by atoms with E-state index in [0.717, 1.165) is 16.6 Å². The Labute approximate surface area is 175 Å². The van der Waals surface area contributed by atoms with Crippen LogP contribution in [-0.2, 0) is 11.3 Å². The number of rotatable bonds is 4. The lowest BCUT2D eigenvalue weighted by atomic mass is 10.1. The van der Waals surface area contributed by atoms with Crippen molar-refractivity contribution in [1.29, 1.82) is 0 Å². The van der Waals surface area contributed by atoms with Crippen molar-refractivity contribution in [2.45, 2.75) is 24.9 Å². The third kappa shape index (κ3) is 3.33. The number of halogens is 2. The zero-order valence-electron chi connectivity index (χ0n) is 16.5. The van der Waals surface area contributed by atoms with E-state index in [2.05, 4.69) is 20.4 Å². The number of aromatic nitrogens is 4. The minimum Gasteiger partial charge on any atom is -0.338 e. The number of amides is 2. The summed E-state index contributed by atoms with van der Waals surface area (Å²) in [6.07, 6.45) is 4.80. The predicted molar refractivity (Wildman–Crippen MR) is 105 cm³/mol. The van der Waals surface area contributed by atoms with Crippen LogP contribution in [0.1, 0.15) is 34.1 Å². The molecule has 1 aromatic carbocycles. The number of benzene rings is 1. The van der Waals surface area contributed by atoms with Gasteiger partial charge in [0.05, 0.1) is 18.4 Å². The average molecular weight is 424 g/mol. The smallest absolute Gasteiger partial charge is 0.275 e. The molecule has 1 aliphatic heterocycles. The zero-order chi connectivity index (χ0) is 21.7. The van der Waals surface area contributed by atoms with Gasteiger partial charge in [-0.1, -0.05) is 18.2 Å². The quantitative estimate of drug-likeness (QED) is 0.690. The SMILES string of the molecule is CN1C(=O)C(NC(=O)c2nn(Cc3ccccc3F)cc2F)C2CC2c2nccnc21. The van der Waals surface area contributed by atoms with Crippen molar-refractivity contribution in [2.75, 3.05) is 11.9 Å². The molecule has 158 valence electrons. The van der Waals surface area contributed by atoms with Crippen LogP contribution in [0.4, 0.5) is 14.6 Å². The maximum atomic E-state index is 14.4. The number of carbonyl (C=O) groups is 2. The minimum atomic E-state index is -0.845. The Morgan fingerprint density at radius 1 is 1.19 bits per heavy atom. The van der Waals surface area contributed by atoms with E-state index in [1.165, 1.54) is 17.2 Å². The summed E-state index contributed by atoms with van der Waals surface area (Å²) >= 11 is 0. The van der Waals surface area contributed by atoms with Gasteiger partial charge < -0.3 is 5.32 Å². The highest BCUT2D eigenvalue weighted by Crippen LogP contribution is 2.53. The van der Waals surface area contributed by atoms with E-state index in [0.29, 0.717) is 17.8 Å². The molecule has 3 aromatic rings. The molecule has 0 saturated heterocycles. The lowest BCUT2D eigenvalue weighted by Crippen LogP contribution is -2.48. The lowest BCUT2D eigenvalue weighted by Gasteiger charge is -2.22. The van der Waals surface area contributed by atoms with Gasteiger partial charge in [-0.3, -0.25) is 24.2 Å². The van der Waals surface area contributed by atoms with Crippen LogP contribution in [0.5, 0.6) is 0 Å². The molecule has 3 heterocycles. The highest BCUT2D eigenvalue weighted by atomic mass is 19.1. The van der Waals surface area contributed by atoms with Crippen molar-refractivity contribution in [1.82, 2.24) is 25.1 Å². The highest BCUT2D eigenvalue weighted by molar-refractivity contribution is 6.02. The topological polar surface area (TPSA) is 93.0 Å². The number of carbonyl (C=O) groups excluding carboxylic acids is 2. The largest absolute Gasteiger partial charge is 0.338 e. The molecule has 3 unspecified atom stereocenters. The van der Waals surface area contributed by atoms with Gasteiger partial charge >= 0.3 is 0 Å². The molecular formula is C21H18F2N6O2. The molecule has 3 atom stereocenters. The van der Waals surface area contributed by atoms with Crippen LogP contribution < -0.4 is 10.2 Å². The van der Waals surface area contributed by atoms with Crippen LogP contribution in [0, 0.1) is 17.6 Å². The monoisotopic (exact) mass is 424 g/mol. The van der Waals surface area contributed by atoms with E-state index in [-0.39, 0.29) is 24.3 Å². The Kier molecular flexibility index (Phi) is 4.49. The Morgan fingerprint density at radius 3 is 2.77 bits per heavy atom. The first-order valence-electron chi connectivity index (χ1n) is 9.79. The van der Waals surface area contributed by atoms with Gasteiger partial charge in [0.2, 0.25) is 0 Å². The first-order valence-corrected chi connectivity index (χ1v) is 9.79. The van der Waals surface area contributed by atoms with E-state index in [1.807, 2.05) is 0 Å². The van der Waals surface area contributed by atoms with E-state index in [1.54, 1.807) is 31.4 Å². The second-order valence-electron chi connectivity index (χ2n) is 7.73. The Hall–Kier alpha value is -3.69. The lowest BCUT2D eigenvalue weighted by molar-refractivity contribution is -0.120. The fourth-order valence-corrected chi connectivity index (χ4v) is 4.07. The van der Waals surface area contributed by atoms with Crippen LogP contribution in [0.15, 0.2) is 42.9 Å². The van der Waals surface area contributed by atoms with Gasteiger partial charge in [0.25, 0.3) is 11.8 Å². The van der Waals surface area contributed by atoms with Crippen LogP contribution in [0.3, 0.4) is 0 Å². The number of likely N-dealkylation sites (N-methyl/N-ethyl adjacent to an activating group) is 1. The first-order chi connectivity index (χ1) is 14.9. The molecule has 0 spiro atoms. The summed E-state index contributed by atoms with van der Waals surface area (Å²) in [5.74, 6) is -2.09. The normalized spacial score (nSPS) is 21.8. The number of nitrogens with one attached hydrogen (secondary N) is 1. The molecule has 10 heteroatoms. The van der Waals surface area contributed by atoms with Crippen molar-refractivity contribution < 1.29 is 18.4 Å². The van der Waals surface area contributed by atoms with Crippen LogP contribution in [-0.4, -0.2) is 44.7 Å². The van der Waals surface area contributed by atoms with E-state index in [4.69, 9.17) is 0 Å². The van der Waals surface area contributed by atoms with E-state index < -0.39 is 29.3 Å². The van der Waals surface area contributed by atoms with Crippen molar-refractivity contribution in [3.05, 3.63) is 71.4 Å². The molecule has 8 nitrogen and oxygen atoms in total.